The van der Waals surface area contributed by atoms with Crippen LogP contribution in [0.25, 0.3) is 0 Å². The Hall–Kier alpha value is -1.07. The Morgan fingerprint density at radius 3 is 2.22 bits per heavy atom. The zero-order valence-corrected chi connectivity index (χ0v) is 12.2. The van der Waals surface area contributed by atoms with E-state index < -0.39 is 9.92 Å². The van der Waals surface area contributed by atoms with Crippen molar-refractivity contribution >= 4 is 15.6 Å². The fraction of sp³-hybridized carbons (Fsp3) is 0.538. The molecule has 3 N–H and O–H groups in total. The average Bonchev–Trinajstić information content (AvgIpc) is 2.37. The predicted octanol–water partition coefficient (Wildman–Crippen LogP) is 2.81. The first-order chi connectivity index (χ1) is 8.55. The highest BCUT2D eigenvalue weighted by atomic mass is 32.2. The second-order valence-corrected chi connectivity index (χ2v) is 6.19. The molecule has 0 saturated heterocycles. The lowest BCUT2D eigenvalue weighted by molar-refractivity contribution is 0.566. The van der Waals surface area contributed by atoms with Crippen molar-refractivity contribution in [2.24, 2.45) is 4.36 Å². The smallest absolute Gasteiger partial charge is 0.137 e. The molecule has 1 aromatic rings. The standard InChI is InChI=1S/C13H23N3OS/c1-4-12(5-2)16-18(17,15-6-3)13-9-7-11(14)8-10-13/h7-10,12H,4-6,14H2,1-3H3,(H,15,16,17). The predicted molar refractivity (Wildman–Crippen MR) is 77.7 cm³/mol. The highest BCUT2D eigenvalue weighted by Crippen LogP contribution is 2.15. The van der Waals surface area contributed by atoms with Gasteiger partial charge in [-0.1, -0.05) is 13.8 Å². The van der Waals surface area contributed by atoms with Gasteiger partial charge in [-0.15, -0.1) is 0 Å². The second-order valence-electron chi connectivity index (χ2n) is 4.17. The zero-order valence-electron chi connectivity index (χ0n) is 11.3. The molecule has 0 aliphatic rings. The number of benzene rings is 1. The van der Waals surface area contributed by atoms with Crippen LogP contribution in [-0.2, 0) is 9.92 Å². The number of hydrogen-bond donors (Lipinski definition) is 2. The minimum atomic E-state index is -2.54. The SMILES string of the molecule is CCN=S(=O)(NC(CC)CC)c1ccc(N)cc1. The lowest BCUT2D eigenvalue weighted by Gasteiger charge is -2.19. The van der Waals surface area contributed by atoms with Gasteiger partial charge in [0.05, 0.1) is 4.90 Å². The van der Waals surface area contributed by atoms with Crippen molar-refractivity contribution in [1.82, 2.24) is 4.72 Å². The minimum Gasteiger partial charge on any atom is -0.399 e. The maximum Gasteiger partial charge on any atom is 0.137 e. The van der Waals surface area contributed by atoms with E-state index in [1.54, 1.807) is 24.3 Å². The number of nitrogens with zero attached hydrogens (tertiary/aromatic N) is 1. The molecule has 0 fully saturated rings. The Kier molecular flexibility index (Phi) is 5.62. The molecule has 0 heterocycles. The van der Waals surface area contributed by atoms with Crippen LogP contribution in [0.15, 0.2) is 33.5 Å². The van der Waals surface area contributed by atoms with Crippen LogP contribution in [0.2, 0.25) is 0 Å². The Morgan fingerprint density at radius 2 is 1.78 bits per heavy atom. The van der Waals surface area contributed by atoms with Crippen LogP contribution in [-0.4, -0.2) is 16.8 Å². The molecular formula is C13H23N3OS. The lowest BCUT2D eigenvalue weighted by atomic mass is 10.2. The third-order valence-corrected chi connectivity index (χ3v) is 5.01. The van der Waals surface area contributed by atoms with E-state index >= 15 is 0 Å². The van der Waals surface area contributed by atoms with E-state index in [9.17, 15) is 4.21 Å². The fourth-order valence-electron chi connectivity index (χ4n) is 1.70. The molecule has 4 nitrogen and oxygen atoms in total. The van der Waals surface area contributed by atoms with Crippen molar-refractivity contribution in [1.29, 1.82) is 0 Å². The molecule has 0 bridgehead atoms. The van der Waals surface area contributed by atoms with Crippen molar-refractivity contribution < 1.29 is 4.21 Å². The average molecular weight is 269 g/mol. The van der Waals surface area contributed by atoms with Crippen LogP contribution in [0.5, 0.6) is 0 Å². The van der Waals surface area contributed by atoms with Gasteiger partial charge in [-0.3, -0.25) is 0 Å². The summed E-state index contributed by atoms with van der Waals surface area (Å²) in [6.07, 6.45) is 1.86. The van der Waals surface area contributed by atoms with E-state index in [0.29, 0.717) is 17.1 Å². The van der Waals surface area contributed by atoms with Gasteiger partial charge >= 0.3 is 0 Å². The molecule has 0 aliphatic heterocycles. The van der Waals surface area contributed by atoms with E-state index in [2.05, 4.69) is 22.9 Å². The molecule has 18 heavy (non-hydrogen) atoms. The van der Waals surface area contributed by atoms with Gasteiger partial charge in [0.25, 0.3) is 0 Å². The third-order valence-electron chi connectivity index (χ3n) is 2.82. The lowest BCUT2D eigenvalue weighted by Crippen LogP contribution is -2.33. The summed E-state index contributed by atoms with van der Waals surface area (Å²) >= 11 is 0. The minimum absolute atomic E-state index is 0.213. The Morgan fingerprint density at radius 1 is 1.22 bits per heavy atom. The normalized spacial score (nSPS) is 14.4. The second kappa shape index (κ2) is 6.75. The Bertz CT molecular complexity index is 472. The third kappa shape index (κ3) is 3.71. The summed E-state index contributed by atoms with van der Waals surface area (Å²) in [5.41, 5.74) is 6.32. The maximum absolute atomic E-state index is 12.9. The van der Waals surface area contributed by atoms with Crippen LogP contribution in [0.4, 0.5) is 5.69 Å². The van der Waals surface area contributed by atoms with Gasteiger partial charge < -0.3 is 5.73 Å². The Labute approximate surface area is 110 Å². The van der Waals surface area contributed by atoms with Gasteiger partial charge in [-0.25, -0.2) is 13.3 Å². The van der Waals surface area contributed by atoms with E-state index in [-0.39, 0.29) is 6.04 Å². The molecule has 0 radical (unpaired) electrons. The number of nitrogens with two attached hydrogens (primary N) is 1. The zero-order chi connectivity index (χ0) is 13.6. The van der Waals surface area contributed by atoms with Crippen LogP contribution in [0.1, 0.15) is 33.6 Å². The number of hydrogen-bond acceptors (Lipinski definition) is 3. The van der Waals surface area contributed by atoms with E-state index in [4.69, 9.17) is 5.73 Å². The summed E-state index contributed by atoms with van der Waals surface area (Å²) in [7, 11) is -2.54. The largest absolute Gasteiger partial charge is 0.399 e. The van der Waals surface area contributed by atoms with E-state index in [1.807, 2.05) is 6.92 Å². The number of nitrogens with one attached hydrogen (secondary N) is 1. The molecule has 1 aromatic carbocycles. The summed E-state index contributed by atoms with van der Waals surface area (Å²) < 4.78 is 20.4. The summed E-state index contributed by atoms with van der Waals surface area (Å²) in [5, 5.41) is 0. The number of anilines is 1. The first-order valence-corrected chi connectivity index (χ1v) is 7.93. The van der Waals surface area contributed by atoms with Crippen molar-refractivity contribution in [2.75, 3.05) is 12.3 Å². The summed E-state index contributed by atoms with van der Waals surface area (Å²) in [4.78, 5) is 0.699. The van der Waals surface area contributed by atoms with Gasteiger partial charge in [-0.2, -0.15) is 0 Å². The van der Waals surface area contributed by atoms with Gasteiger partial charge in [0.2, 0.25) is 0 Å². The Balaban J connectivity index is 3.12. The van der Waals surface area contributed by atoms with Crippen molar-refractivity contribution in [3.05, 3.63) is 24.3 Å². The van der Waals surface area contributed by atoms with Crippen molar-refractivity contribution in [2.45, 2.75) is 44.6 Å². The van der Waals surface area contributed by atoms with Crippen molar-refractivity contribution in [3.8, 4) is 0 Å². The van der Waals surface area contributed by atoms with Crippen LogP contribution >= 0.6 is 0 Å². The molecule has 0 aliphatic carbocycles. The summed E-state index contributed by atoms with van der Waals surface area (Å²) in [6, 6.07) is 7.30. The molecule has 0 aromatic heterocycles. The molecule has 0 amide bonds. The van der Waals surface area contributed by atoms with Crippen molar-refractivity contribution in [3.63, 3.8) is 0 Å². The highest BCUT2D eigenvalue weighted by Gasteiger charge is 2.15. The number of nitrogen functional groups attached to an aromatic ring is 1. The molecule has 0 spiro atoms. The van der Waals surface area contributed by atoms with Gasteiger partial charge in [0.1, 0.15) is 9.92 Å². The van der Waals surface area contributed by atoms with E-state index in [0.717, 1.165) is 12.8 Å². The highest BCUT2D eigenvalue weighted by molar-refractivity contribution is 7.91. The van der Waals surface area contributed by atoms with Crippen LogP contribution < -0.4 is 10.5 Å². The first-order valence-electron chi connectivity index (χ1n) is 6.41. The van der Waals surface area contributed by atoms with Crippen LogP contribution in [0.3, 0.4) is 0 Å². The fourth-order valence-corrected chi connectivity index (χ4v) is 3.71. The molecule has 0 saturated carbocycles. The topological polar surface area (TPSA) is 67.5 Å². The molecule has 1 unspecified atom stereocenters. The number of rotatable bonds is 6. The quantitative estimate of drug-likeness (QED) is 0.780. The van der Waals surface area contributed by atoms with Gasteiger partial charge in [0, 0.05) is 18.3 Å². The molecular weight excluding hydrogens is 246 g/mol. The molecule has 1 rings (SSSR count). The monoisotopic (exact) mass is 269 g/mol. The first kappa shape index (κ1) is 15.0. The van der Waals surface area contributed by atoms with Gasteiger partial charge in [-0.05, 0) is 44.0 Å². The molecule has 1 atom stereocenters. The summed E-state index contributed by atoms with van der Waals surface area (Å²) in [6.45, 7) is 6.58. The molecule has 102 valence electrons. The maximum atomic E-state index is 12.9. The van der Waals surface area contributed by atoms with Crippen LogP contribution in [0, 0.1) is 0 Å². The van der Waals surface area contributed by atoms with Gasteiger partial charge in [0.15, 0.2) is 0 Å². The summed E-state index contributed by atoms with van der Waals surface area (Å²) in [5.74, 6) is 0. The van der Waals surface area contributed by atoms with E-state index in [1.165, 1.54) is 0 Å². The molecule has 5 heteroatoms.